The van der Waals surface area contributed by atoms with E-state index in [9.17, 15) is 4.79 Å². The molecule has 3 heterocycles. The van der Waals surface area contributed by atoms with Crippen LogP contribution >= 0.6 is 0 Å². The third kappa shape index (κ3) is 4.66. The van der Waals surface area contributed by atoms with Crippen molar-refractivity contribution in [2.45, 2.75) is 60.0 Å². The minimum Gasteiger partial charge on any atom is -0.369 e. The van der Waals surface area contributed by atoms with E-state index in [0.717, 1.165) is 48.2 Å². The molecule has 1 saturated heterocycles. The number of fused-ring (bicyclic) bond motifs is 1. The highest BCUT2D eigenvalue weighted by Crippen LogP contribution is 2.32. The molecule has 0 radical (unpaired) electrons. The molecule has 1 N–H and O–H groups in total. The van der Waals surface area contributed by atoms with Gasteiger partial charge in [-0.15, -0.1) is 5.10 Å². The first-order chi connectivity index (χ1) is 17.5. The predicted octanol–water partition coefficient (Wildman–Crippen LogP) is 4.41. The van der Waals surface area contributed by atoms with Gasteiger partial charge < -0.3 is 9.88 Å². The van der Waals surface area contributed by atoms with Crippen LogP contribution in [0.25, 0.3) is 10.9 Å². The summed E-state index contributed by atoms with van der Waals surface area (Å²) in [5, 5.41) is 13.9. The van der Waals surface area contributed by atoms with E-state index in [-0.39, 0.29) is 17.1 Å². The summed E-state index contributed by atoms with van der Waals surface area (Å²) in [6, 6.07) is 12.5. The molecule has 8 heteroatoms. The Labute approximate surface area is 218 Å². The van der Waals surface area contributed by atoms with Crippen molar-refractivity contribution in [2.75, 3.05) is 31.1 Å². The second-order valence-corrected chi connectivity index (χ2v) is 11.4. The first-order valence-corrected chi connectivity index (χ1v) is 13.0. The molecule has 37 heavy (non-hydrogen) atoms. The van der Waals surface area contributed by atoms with Crippen LogP contribution in [0.2, 0.25) is 0 Å². The standard InChI is InChI=1S/C29H37N7O/c1-18-8-9-20(3)24(16-18)34-12-14-35(15-13-34)26(27-31-32-33-36(27)29(5,6)7)23-17-22-19(2)10-11-21(4)25(22)30-28(23)37/h8-11,16-17,26H,12-15H2,1-7H3,(H,30,37). The van der Waals surface area contributed by atoms with Crippen LogP contribution in [0.15, 0.2) is 41.2 Å². The van der Waals surface area contributed by atoms with Crippen molar-refractivity contribution in [1.29, 1.82) is 0 Å². The number of tetrazole rings is 1. The van der Waals surface area contributed by atoms with Gasteiger partial charge in [0.15, 0.2) is 5.82 Å². The summed E-state index contributed by atoms with van der Waals surface area (Å²) in [5.41, 5.74) is 7.17. The van der Waals surface area contributed by atoms with Crippen molar-refractivity contribution in [3.63, 3.8) is 0 Å². The Morgan fingerprint density at radius 3 is 2.27 bits per heavy atom. The highest BCUT2D eigenvalue weighted by atomic mass is 16.1. The molecule has 0 amide bonds. The number of H-pyrrole nitrogens is 1. The minimum atomic E-state index is -0.358. The summed E-state index contributed by atoms with van der Waals surface area (Å²) in [4.78, 5) is 21.6. The number of piperazine rings is 1. The van der Waals surface area contributed by atoms with E-state index in [1.807, 2.05) is 11.6 Å². The molecule has 1 fully saturated rings. The van der Waals surface area contributed by atoms with Gasteiger partial charge in [-0.2, -0.15) is 0 Å². The van der Waals surface area contributed by atoms with Crippen LogP contribution in [-0.4, -0.2) is 56.3 Å². The number of hydrogen-bond donors (Lipinski definition) is 1. The molecule has 0 spiro atoms. The highest BCUT2D eigenvalue weighted by Gasteiger charge is 2.35. The number of nitrogens with one attached hydrogen (secondary N) is 1. The van der Waals surface area contributed by atoms with E-state index in [2.05, 4.69) is 108 Å². The smallest absolute Gasteiger partial charge is 0.253 e. The Bertz CT molecular complexity index is 1500. The van der Waals surface area contributed by atoms with Gasteiger partial charge in [-0.05, 0) is 93.3 Å². The zero-order valence-corrected chi connectivity index (χ0v) is 23.0. The number of anilines is 1. The third-order valence-corrected chi connectivity index (χ3v) is 7.53. The molecule has 1 aliphatic rings. The van der Waals surface area contributed by atoms with Crippen molar-refractivity contribution >= 4 is 16.6 Å². The SMILES string of the molecule is Cc1ccc(C)c(N2CCN(C(c3cc4c(C)ccc(C)c4[nH]c3=O)c3nnnn3C(C)(C)C)CC2)c1. The van der Waals surface area contributed by atoms with Gasteiger partial charge in [-0.1, -0.05) is 24.3 Å². The summed E-state index contributed by atoms with van der Waals surface area (Å²) in [6.45, 7) is 18.0. The summed E-state index contributed by atoms with van der Waals surface area (Å²) in [6.07, 6.45) is 0. The maximum absolute atomic E-state index is 13.6. The van der Waals surface area contributed by atoms with Gasteiger partial charge in [0, 0.05) is 42.8 Å². The van der Waals surface area contributed by atoms with Crippen LogP contribution in [-0.2, 0) is 5.54 Å². The van der Waals surface area contributed by atoms with Crippen molar-refractivity contribution in [1.82, 2.24) is 30.1 Å². The van der Waals surface area contributed by atoms with Gasteiger partial charge in [0.25, 0.3) is 5.56 Å². The van der Waals surface area contributed by atoms with Crippen LogP contribution in [0.4, 0.5) is 5.69 Å². The van der Waals surface area contributed by atoms with Crippen LogP contribution < -0.4 is 10.5 Å². The number of aromatic amines is 1. The molecule has 2 aromatic heterocycles. The lowest BCUT2D eigenvalue weighted by atomic mass is 9.98. The van der Waals surface area contributed by atoms with Crippen LogP contribution in [0.5, 0.6) is 0 Å². The fourth-order valence-electron chi connectivity index (χ4n) is 5.42. The Morgan fingerprint density at radius 1 is 0.892 bits per heavy atom. The molecule has 0 aliphatic carbocycles. The largest absolute Gasteiger partial charge is 0.369 e. The molecule has 4 aromatic rings. The Kier molecular flexibility index (Phi) is 6.40. The lowest BCUT2D eigenvalue weighted by Crippen LogP contribution is -2.49. The second kappa shape index (κ2) is 9.41. The molecule has 1 aliphatic heterocycles. The highest BCUT2D eigenvalue weighted by molar-refractivity contribution is 5.85. The van der Waals surface area contributed by atoms with Gasteiger partial charge in [-0.25, -0.2) is 4.68 Å². The predicted molar refractivity (Wildman–Crippen MR) is 148 cm³/mol. The minimum absolute atomic E-state index is 0.0911. The molecule has 1 unspecified atom stereocenters. The van der Waals surface area contributed by atoms with Crippen molar-refractivity contribution < 1.29 is 0 Å². The summed E-state index contributed by atoms with van der Waals surface area (Å²) in [5.74, 6) is 0.697. The molecular formula is C29H37N7O. The quantitative estimate of drug-likeness (QED) is 0.448. The molecule has 194 valence electrons. The summed E-state index contributed by atoms with van der Waals surface area (Å²) < 4.78 is 1.86. The van der Waals surface area contributed by atoms with Gasteiger partial charge in [0.2, 0.25) is 0 Å². The zero-order chi connectivity index (χ0) is 26.5. The van der Waals surface area contributed by atoms with Gasteiger partial charge in [0.05, 0.1) is 11.1 Å². The van der Waals surface area contributed by atoms with Gasteiger partial charge in [-0.3, -0.25) is 9.69 Å². The van der Waals surface area contributed by atoms with Crippen molar-refractivity contribution in [3.8, 4) is 0 Å². The number of nitrogens with zero attached hydrogens (tertiary/aromatic N) is 6. The van der Waals surface area contributed by atoms with Gasteiger partial charge in [0.1, 0.15) is 6.04 Å². The van der Waals surface area contributed by atoms with Gasteiger partial charge >= 0.3 is 0 Å². The van der Waals surface area contributed by atoms with E-state index < -0.39 is 0 Å². The fraction of sp³-hybridized carbons (Fsp3) is 0.448. The average molecular weight is 500 g/mol. The molecule has 2 aromatic carbocycles. The number of hydrogen-bond acceptors (Lipinski definition) is 6. The van der Waals surface area contributed by atoms with E-state index in [1.165, 1.54) is 16.8 Å². The molecule has 8 nitrogen and oxygen atoms in total. The maximum atomic E-state index is 13.6. The Hall–Kier alpha value is -3.52. The molecule has 0 bridgehead atoms. The molecule has 1 atom stereocenters. The maximum Gasteiger partial charge on any atom is 0.253 e. The number of rotatable bonds is 4. The van der Waals surface area contributed by atoms with Crippen molar-refractivity contribution in [2.24, 2.45) is 0 Å². The first kappa shape index (κ1) is 25.1. The Balaban J connectivity index is 1.59. The fourth-order valence-corrected chi connectivity index (χ4v) is 5.42. The first-order valence-electron chi connectivity index (χ1n) is 13.0. The van der Waals surface area contributed by atoms with E-state index in [0.29, 0.717) is 11.4 Å². The number of benzene rings is 2. The lowest BCUT2D eigenvalue weighted by molar-refractivity contribution is 0.190. The van der Waals surface area contributed by atoms with E-state index in [1.54, 1.807) is 0 Å². The number of aromatic nitrogens is 5. The monoisotopic (exact) mass is 499 g/mol. The van der Waals surface area contributed by atoms with E-state index >= 15 is 0 Å². The van der Waals surface area contributed by atoms with Crippen LogP contribution in [0.3, 0.4) is 0 Å². The van der Waals surface area contributed by atoms with Crippen molar-refractivity contribution in [3.05, 3.63) is 80.4 Å². The average Bonchev–Trinajstić information content (AvgIpc) is 3.35. The molecular weight excluding hydrogens is 462 g/mol. The summed E-state index contributed by atoms with van der Waals surface area (Å²) >= 11 is 0. The summed E-state index contributed by atoms with van der Waals surface area (Å²) in [7, 11) is 0. The van der Waals surface area contributed by atoms with E-state index in [4.69, 9.17) is 0 Å². The van der Waals surface area contributed by atoms with Crippen LogP contribution in [0.1, 0.15) is 60.5 Å². The topological polar surface area (TPSA) is 82.9 Å². The number of aryl methyl sites for hydroxylation is 4. The Morgan fingerprint density at radius 2 is 1.57 bits per heavy atom. The third-order valence-electron chi connectivity index (χ3n) is 7.53. The second-order valence-electron chi connectivity index (χ2n) is 11.4. The normalized spacial score (nSPS) is 15.9. The zero-order valence-electron chi connectivity index (χ0n) is 23.0. The molecule has 0 saturated carbocycles. The van der Waals surface area contributed by atoms with Crippen LogP contribution in [0, 0.1) is 27.7 Å². The lowest BCUT2D eigenvalue weighted by Gasteiger charge is -2.40. The molecule has 5 rings (SSSR count). The number of pyridine rings is 1.